The predicted octanol–water partition coefficient (Wildman–Crippen LogP) is 1.44. The Hall–Kier alpha value is -1.62. The fourth-order valence-corrected chi connectivity index (χ4v) is 2.11. The molecule has 5 nitrogen and oxygen atoms in total. The van der Waals surface area contributed by atoms with E-state index in [9.17, 15) is 0 Å². The van der Waals surface area contributed by atoms with Crippen LogP contribution in [-0.2, 0) is 26.4 Å². The van der Waals surface area contributed by atoms with Crippen molar-refractivity contribution in [2.24, 2.45) is 12.8 Å². The average molecular weight is 247 g/mol. The van der Waals surface area contributed by atoms with Crippen molar-refractivity contribution in [1.82, 2.24) is 19.6 Å². The molecule has 0 radical (unpaired) electrons. The van der Waals surface area contributed by atoms with Crippen molar-refractivity contribution in [3.05, 3.63) is 35.4 Å². The van der Waals surface area contributed by atoms with Gasteiger partial charge in [0.1, 0.15) is 0 Å². The third-order valence-electron chi connectivity index (χ3n) is 3.18. The van der Waals surface area contributed by atoms with Crippen LogP contribution < -0.4 is 5.73 Å². The van der Waals surface area contributed by atoms with E-state index in [4.69, 9.17) is 5.73 Å². The summed E-state index contributed by atoms with van der Waals surface area (Å²) in [5.74, 6) is 0. The topological polar surface area (TPSA) is 61.7 Å². The fourth-order valence-electron chi connectivity index (χ4n) is 2.11. The molecule has 0 saturated carbocycles. The fraction of sp³-hybridized carbons (Fsp3) is 0.538. The molecular weight excluding hydrogens is 226 g/mol. The number of nitrogens with two attached hydrogens (primary N) is 1. The van der Waals surface area contributed by atoms with E-state index in [1.165, 1.54) is 5.56 Å². The molecule has 0 aliphatic carbocycles. The van der Waals surface area contributed by atoms with Crippen molar-refractivity contribution in [3.8, 4) is 0 Å². The summed E-state index contributed by atoms with van der Waals surface area (Å²) in [7, 11) is 1.95. The second-order valence-electron chi connectivity index (χ2n) is 4.55. The summed E-state index contributed by atoms with van der Waals surface area (Å²) in [6.07, 6.45) is 5.68. The third-order valence-corrected chi connectivity index (χ3v) is 3.18. The van der Waals surface area contributed by atoms with E-state index in [0.29, 0.717) is 0 Å². The second kappa shape index (κ2) is 5.35. The van der Waals surface area contributed by atoms with E-state index < -0.39 is 0 Å². The Balaban J connectivity index is 2.10. The molecule has 0 aliphatic heterocycles. The van der Waals surface area contributed by atoms with Crippen LogP contribution >= 0.6 is 0 Å². The van der Waals surface area contributed by atoms with Crippen LogP contribution in [0.5, 0.6) is 0 Å². The van der Waals surface area contributed by atoms with Crippen molar-refractivity contribution in [3.63, 3.8) is 0 Å². The molecular formula is C13H21N5. The molecule has 0 amide bonds. The maximum atomic E-state index is 6.25. The van der Waals surface area contributed by atoms with Crippen molar-refractivity contribution in [2.75, 3.05) is 0 Å². The van der Waals surface area contributed by atoms with Gasteiger partial charge < -0.3 is 5.73 Å². The molecule has 98 valence electrons. The van der Waals surface area contributed by atoms with Gasteiger partial charge in [-0.2, -0.15) is 10.2 Å². The summed E-state index contributed by atoms with van der Waals surface area (Å²) >= 11 is 0. The zero-order chi connectivity index (χ0) is 13.1. The molecule has 5 heteroatoms. The highest BCUT2D eigenvalue weighted by Gasteiger charge is 2.13. The first-order valence-corrected chi connectivity index (χ1v) is 6.43. The smallest absolute Gasteiger partial charge is 0.0625 e. The van der Waals surface area contributed by atoms with Crippen LogP contribution in [0, 0.1) is 0 Å². The van der Waals surface area contributed by atoms with Crippen molar-refractivity contribution >= 4 is 0 Å². The van der Waals surface area contributed by atoms with Crippen LogP contribution in [0.1, 0.15) is 36.8 Å². The van der Waals surface area contributed by atoms with E-state index in [-0.39, 0.29) is 6.04 Å². The van der Waals surface area contributed by atoms with Gasteiger partial charge in [-0.15, -0.1) is 0 Å². The number of nitrogens with zero attached hydrogens (tertiary/aromatic N) is 4. The van der Waals surface area contributed by atoms with Gasteiger partial charge in [0.15, 0.2) is 0 Å². The molecule has 0 bridgehead atoms. The van der Waals surface area contributed by atoms with Crippen LogP contribution in [0.15, 0.2) is 18.5 Å². The lowest BCUT2D eigenvalue weighted by Gasteiger charge is -2.10. The van der Waals surface area contributed by atoms with Crippen molar-refractivity contribution < 1.29 is 0 Å². The summed E-state index contributed by atoms with van der Waals surface area (Å²) in [6.45, 7) is 5.06. The lowest BCUT2D eigenvalue weighted by molar-refractivity contribution is 0.612. The number of aryl methyl sites for hydroxylation is 3. The monoisotopic (exact) mass is 247 g/mol. The maximum Gasteiger partial charge on any atom is 0.0625 e. The van der Waals surface area contributed by atoms with Gasteiger partial charge in [0.05, 0.1) is 23.6 Å². The predicted molar refractivity (Wildman–Crippen MR) is 71.1 cm³/mol. The van der Waals surface area contributed by atoms with E-state index >= 15 is 0 Å². The molecule has 0 spiro atoms. The Bertz CT molecular complexity index is 511. The van der Waals surface area contributed by atoms with Gasteiger partial charge in [-0.1, -0.05) is 6.92 Å². The Morgan fingerprint density at radius 1 is 1.39 bits per heavy atom. The molecule has 0 aromatic carbocycles. The number of aromatic nitrogens is 4. The molecule has 2 rings (SSSR count). The molecule has 0 saturated heterocycles. The highest BCUT2D eigenvalue weighted by atomic mass is 15.3. The Labute approximate surface area is 108 Å². The first kappa shape index (κ1) is 12.8. The van der Waals surface area contributed by atoms with E-state index in [0.717, 1.165) is 30.8 Å². The quantitative estimate of drug-likeness (QED) is 0.869. The van der Waals surface area contributed by atoms with E-state index in [1.807, 2.05) is 22.6 Å². The molecule has 18 heavy (non-hydrogen) atoms. The maximum absolute atomic E-state index is 6.25. The van der Waals surface area contributed by atoms with Gasteiger partial charge in [-0.05, 0) is 31.4 Å². The van der Waals surface area contributed by atoms with Gasteiger partial charge in [0.25, 0.3) is 0 Å². The SMILES string of the molecule is CCc1cc(C(N)Cc2cnn(CC)c2)n(C)n1. The molecule has 0 aliphatic rings. The molecule has 2 aromatic heterocycles. The number of hydrogen-bond donors (Lipinski definition) is 1. The van der Waals surface area contributed by atoms with E-state index in [2.05, 4.69) is 36.3 Å². The minimum Gasteiger partial charge on any atom is -0.322 e. The Morgan fingerprint density at radius 2 is 2.17 bits per heavy atom. The minimum absolute atomic E-state index is 0.0303. The van der Waals surface area contributed by atoms with Gasteiger partial charge in [-0.3, -0.25) is 9.36 Å². The van der Waals surface area contributed by atoms with Gasteiger partial charge in [-0.25, -0.2) is 0 Å². The van der Waals surface area contributed by atoms with Crippen LogP contribution in [0.25, 0.3) is 0 Å². The molecule has 1 unspecified atom stereocenters. The van der Waals surface area contributed by atoms with Crippen molar-refractivity contribution in [2.45, 2.75) is 39.3 Å². The molecule has 2 heterocycles. The minimum atomic E-state index is -0.0303. The lowest BCUT2D eigenvalue weighted by atomic mass is 10.1. The summed E-state index contributed by atoms with van der Waals surface area (Å²) in [6, 6.07) is 2.06. The van der Waals surface area contributed by atoms with Gasteiger partial charge in [0.2, 0.25) is 0 Å². The zero-order valence-corrected chi connectivity index (χ0v) is 11.3. The first-order chi connectivity index (χ1) is 8.63. The van der Waals surface area contributed by atoms with Crippen LogP contribution in [0.3, 0.4) is 0 Å². The molecule has 2 N–H and O–H groups in total. The Kier molecular flexibility index (Phi) is 3.81. The van der Waals surface area contributed by atoms with Crippen LogP contribution in [0.2, 0.25) is 0 Å². The second-order valence-corrected chi connectivity index (χ2v) is 4.55. The number of rotatable bonds is 5. The molecule has 2 aromatic rings. The summed E-state index contributed by atoms with van der Waals surface area (Å²) < 4.78 is 3.80. The lowest BCUT2D eigenvalue weighted by Crippen LogP contribution is -2.16. The number of hydrogen-bond acceptors (Lipinski definition) is 3. The molecule has 0 fully saturated rings. The normalized spacial score (nSPS) is 12.9. The highest BCUT2D eigenvalue weighted by molar-refractivity contribution is 5.17. The first-order valence-electron chi connectivity index (χ1n) is 6.43. The van der Waals surface area contributed by atoms with Crippen molar-refractivity contribution in [1.29, 1.82) is 0 Å². The van der Waals surface area contributed by atoms with E-state index in [1.54, 1.807) is 0 Å². The van der Waals surface area contributed by atoms with Crippen LogP contribution in [0.4, 0.5) is 0 Å². The highest BCUT2D eigenvalue weighted by Crippen LogP contribution is 2.16. The van der Waals surface area contributed by atoms with Gasteiger partial charge >= 0.3 is 0 Å². The Morgan fingerprint density at radius 3 is 2.72 bits per heavy atom. The standard InChI is InChI=1S/C13H21N5/c1-4-11-7-13(17(3)16-11)12(14)6-10-8-15-18(5-2)9-10/h7-9,12H,4-6,14H2,1-3H3. The average Bonchev–Trinajstić information content (AvgIpc) is 2.95. The van der Waals surface area contributed by atoms with Crippen LogP contribution in [-0.4, -0.2) is 19.6 Å². The zero-order valence-electron chi connectivity index (χ0n) is 11.3. The van der Waals surface area contributed by atoms with Gasteiger partial charge in [0, 0.05) is 19.8 Å². The summed E-state index contributed by atoms with van der Waals surface area (Å²) in [5.41, 5.74) is 9.59. The summed E-state index contributed by atoms with van der Waals surface area (Å²) in [4.78, 5) is 0. The summed E-state index contributed by atoms with van der Waals surface area (Å²) in [5, 5.41) is 8.69. The molecule has 1 atom stereocenters. The third kappa shape index (κ3) is 2.61. The largest absolute Gasteiger partial charge is 0.322 e.